The van der Waals surface area contributed by atoms with E-state index in [1.54, 1.807) is 0 Å². The molecule has 1 aliphatic rings. The number of rotatable bonds is 0. The molecule has 1 aliphatic carbocycles. The van der Waals surface area contributed by atoms with Crippen LogP contribution in [0.25, 0.3) is 0 Å². The SMILES string of the molecule is Nc1ccc2c(c1N)CCC2N. The Bertz CT molecular complexity index is 320. The zero-order valence-electron chi connectivity index (χ0n) is 6.88. The van der Waals surface area contributed by atoms with Crippen molar-refractivity contribution in [2.75, 3.05) is 11.5 Å². The number of nitrogens with two attached hydrogens (primary N) is 3. The second kappa shape index (κ2) is 2.38. The van der Waals surface area contributed by atoms with Gasteiger partial charge in [-0.3, -0.25) is 0 Å². The van der Waals surface area contributed by atoms with Crippen LogP contribution in [0.3, 0.4) is 0 Å². The average Bonchev–Trinajstić information content (AvgIpc) is 2.41. The van der Waals surface area contributed by atoms with Crippen LogP contribution in [0.5, 0.6) is 0 Å². The number of hydrogen-bond donors (Lipinski definition) is 3. The lowest BCUT2D eigenvalue weighted by Gasteiger charge is -2.08. The van der Waals surface area contributed by atoms with Crippen LogP contribution in [0.2, 0.25) is 0 Å². The van der Waals surface area contributed by atoms with E-state index in [-0.39, 0.29) is 6.04 Å². The van der Waals surface area contributed by atoms with Gasteiger partial charge in [0.2, 0.25) is 0 Å². The first-order valence-electron chi connectivity index (χ1n) is 4.12. The Labute approximate surface area is 71.5 Å². The molecule has 0 heterocycles. The molecule has 1 aromatic rings. The fourth-order valence-corrected chi connectivity index (χ4v) is 1.78. The van der Waals surface area contributed by atoms with Crippen molar-refractivity contribution >= 4 is 11.4 Å². The van der Waals surface area contributed by atoms with Crippen molar-refractivity contribution in [3.8, 4) is 0 Å². The number of nitrogen functional groups attached to an aromatic ring is 2. The van der Waals surface area contributed by atoms with Gasteiger partial charge in [-0.2, -0.15) is 0 Å². The van der Waals surface area contributed by atoms with Crippen molar-refractivity contribution in [3.05, 3.63) is 23.3 Å². The van der Waals surface area contributed by atoms with Gasteiger partial charge in [-0.05, 0) is 30.0 Å². The Balaban J connectivity index is 2.60. The molecule has 1 atom stereocenters. The predicted molar refractivity (Wildman–Crippen MR) is 50.5 cm³/mol. The number of anilines is 2. The summed E-state index contributed by atoms with van der Waals surface area (Å²) in [6, 6.07) is 3.97. The molecule has 12 heavy (non-hydrogen) atoms. The van der Waals surface area contributed by atoms with Crippen molar-refractivity contribution in [2.24, 2.45) is 5.73 Å². The third-order valence-electron chi connectivity index (χ3n) is 2.53. The van der Waals surface area contributed by atoms with E-state index in [1.165, 1.54) is 5.56 Å². The Kier molecular flexibility index (Phi) is 1.48. The lowest BCUT2D eigenvalue weighted by atomic mass is 10.1. The molecule has 6 N–H and O–H groups in total. The molecule has 0 aliphatic heterocycles. The van der Waals surface area contributed by atoms with E-state index >= 15 is 0 Å². The minimum Gasteiger partial charge on any atom is -0.397 e. The third-order valence-corrected chi connectivity index (χ3v) is 2.53. The molecule has 3 nitrogen and oxygen atoms in total. The summed E-state index contributed by atoms with van der Waals surface area (Å²) in [5.74, 6) is 0. The van der Waals surface area contributed by atoms with E-state index in [0.717, 1.165) is 24.1 Å². The predicted octanol–water partition coefficient (Wildman–Crippen LogP) is 0.797. The van der Waals surface area contributed by atoms with Gasteiger partial charge in [0.15, 0.2) is 0 Å². The van der Waals surface area contributed by atoms with E-state index in [1.807, 2.05) is 12.1 Å². The highest BCUT2D eigenvalue weighted by Gasteiger charge is 2.21. The highest BCUT2D eigenvalue weighted by atomic mass is 14.7. The fraction of sp³-hybridized carbons (Fsp3) is 0.333. The van der Waals surface area contributed by atoms with Gasteiger partial charge in [-0.15, -0.1) is 0 Å². The Morgan fingerprint density at radius 2 is 2.00 bits per heavy atom. The molecule has 2 rings (SSSR count). The summed E-state index contributed by atoms with van der Waals surface area (Å²) in [4.78, 5) is 0. The van der Waals surface area contributed by atoms with Gasteiger partial charge < -0.3 is 17.2 Å². The van der Waals surface area contributed by atoms with Gasteiger partial charge in [0, 0.05) is 6.04 Å². The van der Waals surface area contributed by atoms with E-state index in [2.05, 4.69) is 0 Å². The van der Waals surface area contributed by atoms with Crippen LogP contribution >= 0.6 is 0 Å². The smallest absolute Gasteiger partial charge is 0.0583 e. The highest BCUT2D eigenvalue weighted by Crippen LogP contribution is 2.35. The van der Waals surface area contributed by atoms with Crippen LogP contribution < -0.4 is 17.2 Å². The second-order valence-electron chi connectivity index (χ2n) is 3.28. The molecular weight excluding hydrogens is 150 g/mol. The van der Waals surface area contributed by atoms with Gasteiger partial charge in [-0.25, -0.2) is 0 Å². The molecule has 1 unspecified atom stereocenters. The van der Waals surface area contributed by atoms with E-state index in [0.29, 0.717) is 5.69 Å². The fourth-order valence-electron chi connectivity index (χ4n) is 1.78. The van der Waals surface area contributed by atoms with Crippen molar-refractivity contribution in [3.63, 3.8) is 0 Å². The van der Waals surface area contributed by atoms with E-state index in [4.69, 9.17) is 17.2 Å². The van der Waals surface area contributed by atoms with Crippen LogP contribution in [-0.2, 0) is 6.42 Å². The van der Waals surface area contributed by atoms with Gasteiger partial charge in [0.1, 0.15) is 0 Å². The van der Waals surface area contributed by atoms with E-state index < -0.39 is 0 Å². The maximum Gasteiger partial charge on any atom is 0.0583 e. The zero-order valence-corrected chi connectivity index (χ0v) is 6.88. The summed E-state index contributed by atoms with van der Waals surface area (Å²) >= 11 is 0. The largest absolute Gasteiger partial charge is 0.397 e. The minimum atomic E-state index is 0.155. The number of fused-ring (bicyclic) bond motifs is 1. The summed E-state index contributed by atoms with van der Waals surface area (Å²) in [6.07, 6.45) is 1.95. The lowest BCUT2D eigenvalue weighted by Crippen LogP contribution is -2.06. The van der Waals surface area contributed by atoms with Crippen molar-refractivity contribution in [2.45, 2.75) is 18.9 Å². The molecule has 0 aromatic heterocycles. The first kappa shape index (κ1) is 7.43. The molecule has 0 fully saturated rings. The number of benzene rings is 1. The summed E-state index contributed by atoms with van der Waals surface area (Å²) in [6.45, 7) is 0. The topological polar surface area (TPSA) is 78.1 Å². The molecule has 1 aromatic carbocycles. The van der Waals surface area contributed by atoms with Crippen LogP contribution in [0, 0.1) is 0 Å². The zero-order chi connectivity index (χ0) is 8.72. The Hall–Kier alpha value is -1.22. The van der Waals surface area contributed by atoms with Crippen LogP contribution in [0.4, 0.5) is 11.4 Å². The molecule has 0 spiro atoms. The molecule has 0 saturated carbocycles. The summed E-state index contributed by atoms with van der Waals surface area (Å²) in [5, 5.41) is 0. The monoisotopic (exact) mass is 163 g/mol. The summed E-state index contributed by atoms with van der Waals surface area (Å²) in [5.41, 5.74) is 21.1. The molecule has 0 amide bonds. The second-order valence-corrected chi connectivity index (χ2v) is 3.28. The third kappa shape index (κ3) is 0.865. The maximum absolute atomic E-state index is 5.87. The Morgan fingerprint density at radius 3 is 2.75 bits per heavy atom. The Morgan fingerprint density at radius 1 is 1.25 bits per heavy atom. The van der Waals surface area contributed by atoms with Crippen LogP contribution in [0.1, 0.15) is 23.6 Å². The first-order valence-corrected chi connectivity index (χ1v) is 4.12. The van der Waals surface area contributed by atoms with E-state index in [9.17, 15) is 0 Å². The van der Waals surface area contributed by atoms with Gasteiger partial charge in [0.05, 0.1) is 11.4 Å². The lowest BCUT2D eigenvalue weighted by molar-refractivity contribution is 0.713. The van der Waals surface area contributed by atoms with Crippen LogP contribution in [0.15, 0.2) is 12.1 Å². The number of hydrogen-bond acceptors (Lipinski definition) is 3. The normalized spacial score (nSPS) is 20.9. The van der Waals surface area contributed by atoms with Crippen molar-refractivity contribution in [1.29, 1.82) is 0 Å². The average molecular weight is 163 g/mol. The maximum atomic E-state index is 5.87. The molecule has 0 bridgehead atoms. The van der Waals surface area contributed by atoms with Crippen LogP contribution in [-0.4, -0.2) is 0 Å². The van der Waals surface area contributed by atoms with Crippen molar-refractivity contribution in [1.82, 2.24) is 0 Å². The van der Waals surface area contributed by atoms with Crippen molar-refractivity contribution < 1.29 is 0 Å². The van der Waals surface area contributed by atoms with Gasteiger partial charge in [0.25, 0.3) is 0 Å². The molecular formula is C9H13N3. The minimum absolute atomic E-state index is 0.155. The van der Waals surface area contributed by atoms with Gasteiger partial charge >= 0.3 is 0 Å². The first-order chi connectivity index (χ1) is 5.70. The quantitative estimate of drug-likeness (QED) is 0.495. The molecule has 0 saturated heterocycles. The standard InChI is InChI=1S/C9H13N3/c10-7-3-2-6-5(7)1-4-8(11)9(6)12/h1,4,7H,2-3,10-12H2. The molecule has 0 radical (unpaired) electrons. The molecule has 64 valence electrons. The van der Waals surface area contributed by atoms with Gasteiger partial charge in [-0.1, -0.05) is 6.07 Å². The molecule has 3 heteroatoms. The summed E-state index contributed by atoms with van der Waals surface area (Å²) in [7, 11) is 0. The summed E-state index contributed by atoms with van der Waals surface area (Å²) < 4.78 is 0. The highest BCUT2D eigenvalue weighted by molar-refractivity contribution is 5.70.